The number of alkyl halides is 1. The van der Waals surface area contributed by atoms with Crippen molar-refractivity contribution in [3.63, 3.8) is 0 Å². The zero-order valence-electron chi connectivity index (χ0n) is 7.68. The predicted octanol–water partition coefficient (Wildman–Crippen LogP) is 2.35. The van der Waals surface area contributed by atoms with Gasteiger partial charge in [0.1, 0.15) is 0 Å². The molecule has 1 N–H and O–H groups in total. The lowest BCUT2D eigenvalue weighted by molar-refractivity contribution is 0.504. The van der Waals surface area contributed by atoms with Gasteiger partial charge in [-0.15, -0.1) is 11.6 Å². The van der Waals surface area contributed by atoms with Gasteiger partial charge in [0.25, 0.3) is 0 Å². The summed E-state index contributed by atoms with van der Waals surface area (Å²) in [6, 6.07) is 0. The third kappa shape index (κ3) is 3.55. The van der Waals surface area contributed by atoms with Crippen molar-refractivity contribution in [2.24, 2.45) is 5.92 Å². The van der Waals surface area contributed by atoms with Crippen LogP contribution in [0.2, 0.25) is 0 Å². The number of thioether (sulfide) groups is 1. The average molecular weight is 208 g/mol. The lowest BCUT2D eigenvalue weighted by Crippen LogP contribution is -2.27. The van der Waals surface area contributed by atoms with Gasteiger partial charge in [-0.05, 0) is 31.6 Å². The first-order valence-electron chi connectivity index (χ1n) is 4.68. The molecule has 1 fully saturated rings. The Hall–Kier alpha value is 0.600. The second-order valence-electron chi connectivity index (χ2n) is 3.40. The molecule has 1 aliphatic rings. The van der Waals surface area contributed by atoms with Gasteiger partial charge in [-0.25, -0.2) is 0 Å². The summed E-state index contributed by atoms with van der Waals surface area (Å²) >= 11 is 8.04. The molecule has 2 unspecified atom stereocenters. The minimum absolute atomic E-state index is 0.437. The summed E-state index contributed by atoms with van der Waals surface area (Å²) in [5.41, 5.74) is 0. The number of nitrogens with one attached hydrogen (secondary N) is 1. The fourth-order valence-corrected chi connectivity index (χ4v) is 2.40. The topological polar surface area (TPSA) is 12.0 Å². The Balaban J connectivity index is 1.98. The predicted molar refractivity (Wildman–Crippen MR) is 58.2 cm³/mol. The van der Waals surface area contributed by atoms with Gasteiger partial charge in [0.15, 0.2) is 0 Å². The van der Waals surface area contributed by atoms with E-state index in [0.717, 1.165) is 19.0 Å². The molecule has 0 aromatic rings. The number of halogens is 1. The van der Waals surface area contributed by atoms with E-state index in [4.69, 9.17) is 11.6 Å². The highest BCUT2D eigenvalue weighted by atomic mass is 35.5. The van der Waals surface area contributed by atoms with E-state index in [-0.39, 0.29) is 0 Å². The lowest BCUT2D eigenvalue weighted by Gasteiger charge is -2.13. The molecule has 0 aromatic heterocycles. The summed E-state index contributed by atoms with van der Waals surface area (Å²) in [5.74, 6) is 1.94. The molecular weight excluding hydrogens is 190 g/mol. The normalized spacial score (nSPS) is 29.5. The molecule has 1 aliphatic carbocycles. The summed E-state index contributed by atoms with van der Waals surface area (Å²) in [7, 11) is 0. The van der Waals surface area contributed by atoms with Gasteiger partial charge in [0, 0.05) is 17.7 Å². The molecule has 2 atom stereocenters. The highest BCUT2D eigenvalue weighted by molar-refractivity contribution is 7.98. The van der Waals surface area contributed by atoms with Crippen LogP contribution in [0.3, 0.4) is 0 Å². The van der Waals surface area contributed by atoms with Crippen molar-refractivity contribution in [1.29, 1.82) is 0 Å². The first-order valence-corrected chi connectivity index (χ1v) is 6.51. The monoisotopic (exact) mass is 207 g/mol. The highest BCUT2D eigenvalue weighted by Crippen LogP contribution is 2.29. The van der Waals surface area contributed by atoms with Crippen molar-refractivity contribution < 1.29 is 0 Å². The van der Waals surface area contributed by atoms with E-state index in [1.807, 2.05) is 11.8 Å². The van der Waals surface area contributed by atoms with E-state index in [9.17, 15) is 0 Å². The molecule has 1 rings (SSSR count). The van der Waals surface area contributed by atoms with Crippen LogP contribution >= 0.6 is 23.4 Å². The molecule has 3 heteroatoms. The first-order chi connectivity index (χ1) is 5.84. The summed E-state index contributed by atoms with van der Waals surface area (Å²) in [6.45, 7) is 2.25. The van der Waals surface area contributed by atoms with Gasteiger partial charge in [-0.1, -0.05) is 6.42 Å². The Labute approximate surface area is 84.6 Å². The summed E-state index contributed by atoms with van der Waals surface area (Å²) < 4.78 is 0. The molecular formula is C9H18ClNS. The maximum Gasteiger partial charge on any atom is 0.0376 e. The molecule has 0 radical (unpaired) electrons. The number of rotatable bonds is 5. The summed E-state index contributed by atoms with van der Waals surface area (Å²) in [6.07, 6.45) is 6.00. The third-order valence-corrected chi connectivity index (χ3v) is 3.64. The maximum atomic E-state index is 6.15. The fourth-order valence-electron chi connectivity index (χ4n) is 1.68. The third-order valence-electron chi connectivity index (χ3n) is 2.46. The largest absolute Gasteiger partial charge is 0.316 e. The van der Waals surface area contributed by atoms with Crippen LogP contribution in [0.15, 0.2) is 0 Å². The molecule has 0 bridgehead atoms. The lowest BCUT2D eigenvalue weighted by atomic mass is 10.1. The molecule has 0 aliphatic heterocycles. The molecule has 0 spiro atoms. The Morgan fingerprint density at radius 3 is 2.92 bits per heavy atom. The molecule has 0 saturated heterocycles. The van der Waals surface area contributed by atoms with Gasteiger partial charge in [-0.2, -0.15) is 11.8 Å². The van der Waals surface area contributed by atoms with Crippen molar-refractivity contribution in [3.05, 3.63) is 0 Å². The fraction of sp³-hybridized carbons (Fsp3) is 1.00. The molecule has 1 saturated carbocycles. The Bertz CT molecular complexity index is 121. The van der Waals surface area contributed by atoms with Crippen molar-refractivity contribution in [3.8, 4) is 0 Å². The van der Waals surface area contributed by atoms with Gasteiger partial charge in [-0.3, -0.25) is 0 Å². The molecule has 0 aromatic carbocycles. The van der Waals surface area contributed by atoms with Crippen LogP contribution in [0.25, 0.3) is 0 Å². The molecule has 12 heavy (non-hydrogen) atoms. The van der Waals surface area contributed by atoms with E-state index in [1.54, 1.807) is 0 Å². The van der Waals surface area contributed by atoms with E-state index in [1.165, 1.54) is 25.0 Å². The zero-order chi connectivity index (χ0) is 8.81. The van der Waals surface area contributed by atoms with Gasteiger partial charge in [0.05, 0.1) is 0 Å². The van der Waals surface area contributed by atoms with E-state index in [2.05, 4.69) is 11.6 Å². The smallest absolute Gasteiger partial charge is 0.0376 e. The van der Waals surface area contributed by atoms with Crippen molar-refractivity contribution in [1.82, 2.24) is 5.32 Å². The molecule has 72 valence electrons. The molecule has 0 heterocycles. The molecule has 1 nitrogen and oxygen atoms in total. The quantitative estimate of drug-likeness (QED) is 0.549. The maximum absolute atomic E-state index is 6.15. The van der Waals surface area contributed by atoms with Gasteiger partial charge >= 0.3 is 0 Å². The minimum Gasteiger partial charge on any atom is -0.316 e. The van der Waals surface area contributed by atoms with Crippen LogP contribution in [0.4, 0.5) is 0 Å². The van der Waals surface area contributed by atoms with Crippen LogP contribution in [-0.4, -0.2) is 30.5 Å². The van der Waals surface area contributed by atoms with Gasteiger partial charge in [0.2, 0.25) is 0 Å². The SMILES string of the molecule is CSCCNCC1CCCC1Cl. The van der Waals surface area contributed by atoms with Crippen LogP contribution in [0.1, 0.15) is 19.3 Å². The van der Waals surface area contributed by atoms with Crippen LogP contribution in [-0.2, 0) is 0 Å². The van der Waals surface area contributed by atoms with E-state index < -0.39 is 0 Å². The van der Waals surface area contributed by atoms with Gasteiger partial charge < -0.3 is 5.32 Å². The first kappa shape index (κ1) is 10.7. The highest BCUT2D eigenvalue weighted by Gasteiger charge is 2.24. The van der Waals surface area contributed by atoms with Crippen LogP contribution in [0, 0.1) is 5.92 Å². The van der Waals surface area contributed by atoms with Crippen molar-refractivity contribution in [2.45, 2.75) is 24.6 Å². The van der Waals surface area contributed by atoms with Crippen LogP contribution < -0.4 is 5.32 Å². The molecule has 0 amide bonds. The standard InChI is InChI=1S/C9H18ClNS/c1-12-6-5-11-7-8-3-2-4-9(8)10/h8-9,11H,2-7H2,1H3. The van der Waals surface area contributed by atoms with Crippen molar-refractivity contribution >= 4 is 23.4 Å². The second kappa shape index (κ2) is 6.11. The summed E-state index contributed by atoms with van der Waals surface area (Å²) in [4.78, 5) is 0. The Morgan fingerprint density at radius 2 is 2.33 bits per heavy atom. The Morgan fingerprint density at radius 1 is 1.50 bits per heavy atom. The second-order valence-corrected chi connectivity index (χ2v) is 4.95. The van der Waals surface area contributed by atoms with Crippen LogP contribution in [0.5, 0.6) is 0 Å². The average Bonchev–Trinajstić information content (AvgIpc) is 2.46. The summed E-state index contributed by atoms with van der Waals surface area (Å²) in [5, 5.41) is 3.89. The van der Waals surface area contributed by atoms with E-state index in [0.29, 0.717) is 5.38 Å². The number of hydrogen-bond donors (Lipinski definition) is 1. The Kier molecular flexibility index (Phi) is 5.44. The zero-order valence-corrected chi connectivity index (χ0v) is 9.26. The minimum atomic E-state index is 0.437. The number of hydrogen-bond acceptors (Lipinski definition) is 2. The van der Waals surface area contributed by atoms with E-state index >= 15 is 0 Å². The van der Waals surface area contributed by atoms with Crippen molar-refractivity contribution in [2.75, 3.05) is 25.1 Å².